The Balaban J connectivity index is 2.26. The first-order chi connectivity index (χ1) is 8.99. The monoisotopic (exact) mass is 324 g/mol. The maximum atomic E-state index is 13.1. The Morgan fingerprint density at radius 2 is 2.05 bits per heavy atom. The van der Waals surface area contributed by atoms with Crippen LogP contribution in [0, 0.1) is 5.82 Å². The van der Waals surface area contributed by atoms with E-state index in [-0.39, 0.29) is 21.5 Å². The topological polar surface area (TPSA) is 75.4 Å². The van der Waals surface area contributed by atoms with Gasteiger partial charge in [-0.3, -0.25) is 4.79 Å². The molecule has 2 aromatic rings. The van der Waals surface area contributed by atoms with Gasteiger partial charge in [0.2, 0.25) is 0 Å². The molecule has 0 radical (unpaired) electrons. The lowest BCUT2D eigenvalue weighted by atomic mass is 10.1. The van der Waals surface area contributed by atoms with Gasteiger partial charge < -0.3 is 16.2 Å². The van der Waals surface area contributed by atoms with Gasteiger partial charge in [-0.2, -0.15) is 0 Å². The van der Waals surface area contributed by atoms with E-state index < -0.39 is 11.7 Å². The molecule has 2 aromatic carbocycles. The fourth-order valence-electron chi connectivity index (χ4n) is 1.52. The number of nitrogens with two attached hydrogens (primary N) is 1. The molecule has 0 aromatic heterocycles. The molecule has 0 saturated heterocycles. The van der Waals surface area contributed by atoms with Gasteiger partial charge in [-0.05, 0) is 46.3 Å². The van der Waals surface area contributed by atoms with E-state index in [0.29, 0.717) is 5.69 Å². The van der Waals surface area contributed by atoms with Gasteiger partial charge in [0.25, 0.3) is 5.91 Å². The van der Waals surface area contributed by atoms with Crippen LogP contribution in [0.5, 0.6) is 5.75 Å². The fourth-order valence-corrected chi connectivity index (χ4v) is 1.90. The molecule has 0 aliphatic rings. The molecule has 0 atom stereocenters. The zero-order valence-corrected chi connectivity index (χ0v) is 11.2. The van der Waals surface area contributed by atoms with E-state index in [1.807, 2.05) is 0 Å². The second-order valence-corrected chi connectivity index (χ2v) is 4.68. The number of phenolic OH excluding ortho intramolecular Hbond substituents is 1. The van der Waals surface area contributed by atoms with Crippen LogP contribution in [0.1, 0.15) is 10.4 Å². The number of carbonyl (C=O) groups excluding carboxylic acids is 1. The van der Waals surface area contributed by atoms with Crippen molar-refractivity contribution in [3.8, 4) is 5.75 Å². The molecule has 0 fully saturated rings. The number of rotatable bonds is 2. The van der Waals surface area contributed by atoms with E-state index in [1.165, 1.54) is 30.3 Å². The number of anilines is 2. The first kappa shape index (κ1) is 13.4. The van der Waals surface area contributed by atoms with Gasteiger partial charge in [0.05, 0.1) is 15.7 Å². The second kappa shape index (κ2) is 5.27. The van der Waals surface area contributed by atoms with Crippen LogP contribution < -0.4 is 11.1 Å². The number of carbonyl (C=O) groups is 1. The minimum Gasteiger partial charge on any atom is -0.505 e. The lowest BCUT2D eigenvalue weighted by Crippen LogP contribution is -2.12. The van der Waals surface area contributed by atoms with Crippen molar-refractivity contribution in [3.05, 3.63) is 52.3 Å². The molecule has 4 nitrogen and oxygen atoms in total. The van der Waals surface area contributed by atoms with Crippen molar-refractivity contribution in [1.29, 1.82) is 0 Å². The summed E-state index contributed by atoms with van der Waals surface area (Å²) in [5.74, 6) is -1.23. The Kier molecular flexibility index (Phi) is 3.71. The van der Waals surface area contributed by atoms with E-state index in [4.69, 9.17) is 5.73 Å². The molecule has 1 amide bonds. The maximum Gasteiger partial charge on any atom is 0.259 e. The smallest absolute Gasteiger partial charge is 0.259 e. The second-order valence-electron chi connectivity index (χ2n) is 3.83. The van der Waals surface area contributed by atoms with Crippen LogP contribution >= 0.6 is 15.9 Å². The molecule has 0 aliphatic carbocycles. The van der Waals surface area contributed by atoms with E-state index in [1.54, 1.807) is 6.07 Å². The van der Waals surface area contributed by atoms with Crippen molar-refractivity contribution >= 4 is 33.2 Å². The average molecular weight is 325 g/mol. The zero-order valence-electron chi connectivity index (χ0n) is 9.65. The lowest BCUT2D eigenvalue weighted by Gasteiger charge is -2.08. The first-order valence-corrected chi connectivity index (χ1v) is 6.12. The van der Waals surface area contributed by atoms with Crippen LogP contribution in [0.2, 0.25) is 0 Å². The van der Waals surface area contributed by atoms with Crippen LogP contribution in [0.4, 0.5) is 15.8 Å². The largest absolute Gasteiger partial charge is 0.505 e. The van der Waals surface area contributed by atoms with Gasteiger partial charge >= 0.3 is 0 Å². The summed E-state index contributed by atoms with van der Waals surface area (Å²) in [4.78, 5) is 11.9. The highest BCUT2D eigenvalue weighted by atomic mass is 79.9. The third kappa shape index (κ3) is 2.85. The number of hydrogen-bond acceptors (Lipinski definition) is 3. The highest BCUT2D eigenvalue weighted by Crippen LogP contribution is 2.26. The lowest BCUT2D eigenvalue weighted by molar-refractivity contribution is 0.102. The van der Waals surface area contributed by atoms with Gasteiger partial charge in [0.15, 0.2) is 5.75 Å². The number of halogens is 2. The third-order valence-corrected chi connectivity index (χ3v) is 3.10. The maximum absolute atomic E-state index is 13.1. The summed E-state index contributed by atoms with van der Waals surface area (Å²) in [5.41, 5.74) is 6.09. The summed E-state index contributed by atoms with van der Waals surface area (Å²) >= 11 is 3.02. The summed E-state index contributed by atoms with van der Waals surface area (Å²) in [5, 5.41) is 12.2. The van der Waals surface area contributed by atoms with Gasteiger partial charge in [-0.15, -0.1) is 0 Å². The van der Waals surface area contributed by atoms with Gasteiger partial charge in [0, 0.05) is 5.69 Å². The van der Waals surface area contributed by atoms with Crippen LogP contribution in [0.25, 0.3) is 0 Å². The predicted octanol–water partition coefficient (Wildman–Crippen LogP) is 3.13. The number of benzene rings is 2. The molecule has 0 bridgehead atoms. The van der Waals surface area contributed by atoms with Crippen LogP contribution in [0.15, 0.2) is 40.9 Å². The molecule has 4 N–H and O–H groups in total. The molecule has 6 heteroatoms. The molecule has 2 rings (SSSR count). The Morgan fingerprint density at radius 1 is 1.32 bits per heavy atom. The summed E-state index contributed by atoms with van der Waals surface area (Å²) < 4.78 is 13.3. The predicted molar refractivity (Wildman–Crippen MR) is 74.6 cm³/mol. The molecule has 19 heavy (non-hydrogen) atoms. The minimum absolute atomic E-state index is 0.0560. The van der Waals surface area contributed by atoms with Crippen LogP contribution in [0.3, 0.4) is 0 Å². The Hall–Kier alpha value is -2.08. The highest BCUT2D eigenvalue weighted by molar-refractivity contribution is 9.10. The standard InChI is InChI=1S/C13H10BrFN2O2/c14-9-6-7(4-5-10(9)15)17-13(19)8-2-1-3-11(16)12(8)18/h1-6,18H,16H2,(H,17,19). The highest BCUT2D eigenvalue weighted by Gasteiger charge is 2.13. The number of hydrogen-bond donors (Lipinski definition) is 3. The van der Waals surface area contributed by atoms with Crippen molar-refractivity contribution in [3.63, 3.8) is 0 Å². The van der Waals surface area contributed by atoms with Crippen LogP contribution in [-0.4, -0.2) is 11.0 Å². The number of phenols is 1. The van der Waals surface area contributed by atoms with Gasteiger partial charge in [0.1, 0.15) is 5.82 Å². The van der Waals surface area contributed by atoms with Crippen molar-refractivity contribution in [2.75, 3.05) is 11.1 Å². The van der Waals surface area contributed by atoms with E-state index in [0.717, 1.165) is 0 Å². The minimum atomic E-state index is -0.525. The Bertz CT molecular complexity index is 647. The molecule has 98 valence electrons. The molecule has 0 saturated carbocycles. The Morgan fingerprint density at radius 3 is 2.74 bits per heavy atom. The number of amides is 1. The first-order valence-electron chi connectivity index (χ1n) is 5.33. The molecular weight excluding hydrogens is 315 g/mol. The molecular formula is C13H10BrFN2O2. The molecule has 0 aliphatic heterocycles. The molecule has 0 unspecified atom stereocenters. The number of aromatic hydroxyl groups is 1. The fraction of sp³-hybridized carbons (Fsp3) is 0. The normalized spacial score (nSPS) is 10.2. The van der Waals surface area contributed by atoms with Gasteiger partial charge in [-0.1, -0.05) is 6.07 Å². The Labute approximate surface area is 117 Å². The quantitative estimate of drug-likeness (QED) is 0.586. The third-order valence-electron chi connectivity index (χ3n) is 2.49. The van der Waals surface area contributed by atoms with Crippen molar-refractivity contribution < 1.29 is 14.3 Å². The van der Waals surface area contributed by atoms with Crippen molar-refractivity contribution in [2.45, 2.75) is 0 Å². The summed E-state index contributed by atoms with van der Waals surface area (Å²) in [7, 11) is 0. The summed E-state index contributed by atoms with van der Waals surface area (Å²) in [6.07, 6.45) is 0. The SMILES string of the molecule is Nc1cccc(C(=O)Nc2ccc(F)c(Br)c2)c1O. The van der Waals surface area contributed by atoms with Crippen LogP contribution in [-0.2, 0) is 0 Å². The van der Waals surface area contributed by atoms with E-state index in [9.17, 15) is 14.3 Å². The molecule has 0 spiro atoms. The summed E-state index contributed by atoms with van der Waals surface area (Å²) in [6, 6.07) is 8.56. The van der Waals surface area contributed by atoms with E-state index >= 15 is 0 Å². The van der Waals surface area contributed by atoms with Gasteiger partial charge in [-0.25, -0.2) is 4.39 Å². The number of nitrogen functional groups attached to an aromatic ring is 1. The summed E-state index contributed by atoms with van der Waals surface area (Å²) in [6.45, 7) is 0. The molecule has 0 heterocycles. The van der Waals surface area contributed by atoms with Crippen molar-refractivity contribution in [1.82, 2.24) is 0 Å². The van der Waals surface area contributed by atoms with Crippen molar-refractivity contribution in [2.24, 2.45) is 0 Å². The van der Waals surface area contributed by atoms with E-state index in [2.05, 4.69) is 21.2 Å². The number of nitrogens with one attached hydrogen (secondary N) is 1. The zero-order chi connectivity index (χ0) is 14.0. The number of para-hydroxylation sites is 1. The average Bonchev–Trinajstić information content (AvgIpc) is 2.37.